The number of carboxylic acid groups (broad SMARTS) is 1. The van der Waals surface area contributed by atoms with E-state index in [2.05, 4.69) is 79.1 Å². The van der Waals surface area contributed by atoms with Gasteiger partial charge in [-0.25, -0.2) is 4.79 Å². The minimum absolute atomic E-state index is 0.0269. The van der Waals surface area contributed by atoms with E-state index < -0.39 is 204 Å². The largest absolute Gasteiger partial charge is 0.508 e. The molecule has 646 valence electrons. The molecule has 0 fully saturated rings. The molecule has 114 heavy (non-hydrogen) atoms. The van der Waals surface area contributed by atoms with E-state index >= 15 is 0 Å². The van der Waals surface area contributed by atoms with Gasteiger partial charge in [0.05, 0.1) is 25.4 Å². The quantitative estimate of drug-likeness (QED) is 0.0164. The third kappa shape index (κ3) is 38.4. The molecule has 1 rings (SSSR count). The van der Waals surface area contributed by atoms with Crippen LogP contribution in [-0.4, -0.2) is 256 Å². The van der Waals surface area contributed by atoms with E-state index in [4.69, 9.17) is 34.4 Å². The smallest absolute Gasteiger partial charge is 0.326 e. The van der Waals surface area contributed by atoms with E-state index in [1.54, 1.807) is 75.5 Å². The van der Waals surface area contributed by atoms with E-state index in [0.717, 1.165) is 6.92 Å². The lowest BCUT2D eigenvalue weighted by atomic mass is 9.96. The molecule has 0 aliphatic heterocycles. The summed E-state index contributed by atoms with van der Waals surface area (Å²) in [7, 11) is 0. The Bertz CT molecular complexity index is 3340. The van der Waals surface area contributed by atoms with E-state index in [1.807, 2.05) is 0 Å². The fraction of sp³-hybridized carbons (Fsp3) is 0.699. The van der Waals surface area contributed by atoms with Crippen molar-refractivity contribution in [3.05, 3.63) is 29.8 Å². The van der Waals surface area contributed by atoms with Crippen LogP contribution in [0.25, 0.3) is 0 Å². The van der Waals surface area contributed by atoms with Crippen molar-refractivity contribution in [2.75, 3.05) is 44.9 Å². The van der Waals surface area contributed by atoms with Crippen molar-refractivity contribution in [1.29, 1.82) is 0 Å². The number of carbonyl (C=O) groups is 14. The highest BCUT2D eigenvalue weighted by Crippen LogP contribution is 2.17. The number of hydrogen-bond acceptors (Lipinski definition) is 23. The van der Waals surface area contributed by atoms with Gasteiger partial charge in [-0.1, -0.05) is 94.2 Å². The number of carboxylic acids is 1. The highest BCUT2D eigenvalue weighted by Gasteiger charge is 2.40. The molecule has 0 radical (unpaired) electrons. The number of amides is 13. The predicted octanol–water partition coefficient (Wildman–Crippen LogP) is -5.53. The number of thioether (sulfide) groups is 1. The van der Waals surface area contributed by atoms with Gasteiger partial charge in [0.2, 0.25) is 76.8 Å². The third-order valence-electron chi connectivity index (χ3n) is 18.1. The van der Waals surface area contributed by atoms with Crippen LogP contribution in [0.3, 0.4) is 0 Å². The summed E-state index contributed by atoms with van der Waals surface area (Å²) in [5.41, 5.74) is 34.0. The molecule has 0 saturated heterocycles. The average Bonchev–Trinajstić information content (AvgIpc) is 0.847. The maximum absolute atomic E-state index is 14.6. The number of aromatic hydroxyl groups is 1. The van der Waals surface area contributed by atoms with Gasteiger partial charge in [0.1, 0.15) is 84.3 Å². The van der Waals surface area contributed by atoms with Gasteiger partial charge in [-0.3, -0.25) is 72.3 Å². The van der Waals surface area contributed by atoms with Crippen LogP contribution < -0.4 is 104 Å². The summed E-state index contributed by atoms with van der Waals surface area (Å²) in [6.07, 6.45) is 1.17. The standard InChI is InChI=1S/C73H129N21O19S/c1-14-40(10)56(69(110)90-52(34-95)66(107)88-51(33-43-22-24-44(98)25-23-43)64(105)87-49(31-36(2)3)63(104)84-47(21-18-29-81-73(78)79)62(103)92-55(39(8)9)71(112)113)93-70(111)57(42(12)97)94-65(106)50(32-37(4)5)86-60(101)46(20-17-28-80-72(76)77)83-61(102)48(26-30-114-13)85-68(109)54(38(6)7)91-67(108)53(35-96)89-58(99)41(11)82-59(100)45(75)19-15-16-27-74/h22-25,36-42,45-57,95-98H,14-21,26-35,74-75H2,1-13H3,(H,82,100)(H,83,102)(H,84,104)(H,85,109)(H,86,101)(H,87,105)(H,88,107)(H,89,99)(H,90,110)(H,91,108)(H,92,103)(H,93,111)(H,94,106)(H,112,113)(H4,76,77,80)(H4,78,79,81)/t40-,41-,42+,45-,46-,47-,48-,49-,50-,51-,52-,53-,54-,55-,56-,57-/m0/s1. The molecule has 0 bridgehead atoms. The first kappa shape index (κ1) is 102. The molecule has 0 saturated carbocycles. The average molecular weight is 1640 g/mol. The molecule has 0 aliphatic rings. The topological polar surface area (TPSA) is 677 Å². The molecule has 0 spiro atoms. The Labute approximate surface area is 670 Å². The van der Waals surface area contributed by atoms with Gasteiger partial charge in [0, 0.05) is 19.5 Å². The van der Waals surface area contributed by atoms with Crippen molar-refractivity contribution >= 4 is 106 Å². The number of nitrogens with one attached hydrogen (secondary N) is 13. The number of hydrogen-bond donors (Lipinski definition) is 24. The van der Waals surface area contributed by atoms with Gasteiger partial charge in [0.15, 0.2) is 11.9 Å². The van der Waals surface area contributed by atoms with Gasteiger partial charge in [-0.2, -0.15) is 11.8 Å². The molecule has 16 atom stereocenters. The highest BCUT2D eigenvalue weighted by molar-refractivity contribution is 7.98. The number of unbranched alkanes of at least 4 members (excludes halogenated alkanes) is 1. The van der Waals surface area contributed by atoms with Gasteiger partial charge < -0.3 is 129 Å². The van der Waals surface area contributed by atoms with Gasteiger partial charge in [0.25, 0.3) is 0 Å². The van der Waals surface area contributed by atoms with Crippen LogP contribution in [0.15, 0.2) is 34.3 Å². The van der Waals surface area contributed by atoms with E-state index in [0.29, 0.717) is 31.4 Å². The van der Waals surface area contributed by atoms with Crippen molar-refractivity contribution in [2.24, 2.45) is 74.0 Å². The van der Waals surface area contributed by atoms with Crippen molar-refractivity contribution in [3.8, 4) is 5.75 Å². The zero-order valence-electron chi connectivity index (χ0n) is 67.8. The number of carbonyl (C=O) groups excluding carboxylic acids is 13. The van der Waals surface area contributed by atoms with Crippen LogP contribution in [0.4, 0.5) is 0 Å². The Morgan fingerprint density at radius 3 is 1.24 bits per heavy atom. The lowest BCUT2D eigenvalue weighted by Gasteiger charge is -2.30. The summed E-state index contributed by atoms with van der Waals surface area (Å²) < 4.78 is 0. The number of benzene rings is 1. The summed E-state index contributed by atoms with van der Waals surface area (Å²) in [4.78, 5) is 203. The van der Waals surface area contributed by atoms with Gasteiger partial charge in [-0.05, 0) is 137 Å². The number of nitrogens with zero attached hydrogens (tertiary/aromatic N) is 2. The minimum Gasteiger partial charge on any atom is -0.508 e. The highest BCUT2D eigenvalue weighted by atomic mass is 32.2. The number of rotatable bonds is 55. The second kappa shape index (κ2) is 53.4. The molecule has 13 amide bonds. The van der Waals surface area contributed by atoms with Crippen LogP contribution in [-0.2, 0) is 73.5 Å². The molecule has 40 nitrogen and oxygen atoms in total. The normalized spacial score (nSPS) is 15.5. The Kier molecular flexibility index (Phi) is 47.9. The minimum atomic E-state index is -1.86. The first-order valence-electron chi connectivity index (χ1n) is 38.4. The maximum atomic E-state index is 14.6. The fourth-order valence-corrected chi connectivity index (χ4v) is 11.8. The molecular weight excluding hydrogens is 1510 g/mol. The first-order chi connectivity index (χ1) is 53.5. The number of phenols is 1. The van der Waals surface area contributed by atoms with Crippen LogP contribution in [0.5, 0.6) is 5.75 Å². The van der Waals surface area contributed by atoms with Crippen molar-refractivity contribution in [3.63, 3.8) is 0 Å². The number of aliphatic hydroxyl groups excluding tert-OH is 3. The lowest BCUT2D eigenvalue weighted by Crippen LogP contribution is -2.63. The molecule has 30 N–H and O–H groups in total. The Hall–Kier alpha value is -9.71. The molecule has 0 aliphatic carbocycles. The SMILES string of the molecule is CC[C@H](C)[C@H](NC(=O)[C@@H](NC(=O)[C@H](CC(C)C)NC(=O)[C@H](CCCN=C(N)N)NC(=O)[C@H](CCSC)NC(=O)[C@@H](NC(=O)[C@H](CO)NC(=O)[C@H](C)NC(=O)[C@@H](N)CCCCN)C(C)C)[C@@H](C)O)C(=O)N[C@@H](CO)C(=O)N[C@@H](Cc1ccc(O)cc1)C(=O)N[C@@H](CC(C)C)C(=O)N[C@@H](CCCN=C(N)N)C(=O)N[C@H](C(=O)O)C(C)C. The maximum Gasteiger partial charge on any atom is 0.326 e. The number of phenolic OH excluding ortho intramolecular Hbond substituents is 1. The van der Waals surface area contributed by atoms with Crippen LogP contribution >= 0.6 is 11.8 Å². The van der Waals surface area contributed by atoms with E-state index in [9.17, 15) is 92.7 Å². The van der Waals surface area contributed by atoms with Crippen molar-refractivity contribution < 1.29 is 92.7 Å². The third-order valence-corrected chi connectivity index (χ3v) is 18.8. The molecule has 0 heterocycles. The Morgan fingerprint density at radius 1 is 0.430 bits per heavy atom. The molecule has 0 aromatic heterocycles. The van der Waals surface area contributed by atoms with E-state index in [1.165, 1.54) is 43.0 Å². The number of aliphatic hydroxyl groups is 3. The lowest BCUT2D eigenvalue weighted by molar-refractivity contribution is -0.143. The molecular formula is C73H129N21O19S. The second-order valence-electron chi connectivity index (χ2n) is 29.7. The summed E-state index contributed by atoms with van der Waals surface area (Å²) >= 11 is 1.31. The molecule has 41 heteroatoms. The summed E-state index contributed by atoms with van der Waals surface area (Å²) in [6, 6.07) is -15.0. The van der Waals surface area contributed by atoms with E-state index in [-0.39, 0.29) is 106 Å². The number of aliphatic imine (C=N–C) groups is 2. The summed E-state index contributed by atoms with van der Waals surface area (Å²) in [6.45, 7) is 17.3. The van der Waals surface area contributed by atoms with Crippen LogP contribution in [0.1, 0.15) is 159 Å². The number of nitrogens with two attached hydrogens (primary N) is 6. The van der Waals surface area contributed by atoms with Crippen LogP contribution in [0.2, 0.25) is 0 Å². The van der Waals surface area contributed by atoms with Crippen LogP contribution in [0, 0.1) is 29.6 Å². The zero-order chi connectivity index (χ0) is 86.8. The number of aliphatic carboxylic acids is 1. The summed E-state index contributed by atoms with van der Waals surface area (Å²) in [5, 5.41) is 84.9. The fourth-order valence-electron chi connectivity index (χ4n) is 11.3. The molecule has 1 aromatic rings. The zero-order valence-corrected chi connectivity index (χ0v) is 68.6. The molecule has 1 aromatic carbocycles. The van der Waals surface area contributed by atoms with Crippen molar-refractivity contribution in [2.45, 2.75) is 251 Å². The van der Waals surface area contributed by atoms with Crippen molar-refractivity contribution in [1.82, 2.24) is 69.1 Å². The molecule has 0 unspecified atom stereocenters. The van der Waals surface area contributed by atoms with Gasteiger partial charge in [-0.15, -0.1) is 0 Å². The Morgan fingerprint density at radius 2 is 0.798 bits per heavy atom. The first-order valence-corrected chi connectivity index (χ1v) is 39.8. The Balaban J connectivity index is 3.66. The monoisotopic (exact) mass is 1640 g/mol. The predicted molar refractivity (Wildman–Crippen MR) is 428 cm³/mol. The second-order valence-corrected chi connectivity index (χ2v) is 30.7. The van der Waals surface area contributed by atoms with Gasteiger partial charge >= 0.3 is 5.97 Å². The number of guanidine groups is 2. The summed E-state index contributed by atoms with van der Waals surface area (Å²) in [5.74, 6) is -16.6.